The van der Waals surface area contributed by atoms with Crippen molar-refractivity contribution >= 4 is 40.4 Å². The monoisotopic (exact) mass is 394 g/mol. The number of hydrogen-bond donors (Lipinski definition) is 2. The fourth-order valence-electron chi connectivity index (χ4n) is 3.27. The van der Waals surface area contributed by atoms with E-state index in [0.717, 1.165) is 30.4 Å². The molecule has 28 heavy (non-hydrogen) atoms. The molecule has 0 amide bonds. The molecular weight excluding hydrogens is 372 g/mol. The molecule has 2 N–H and O–H groups in total. The van der Waals surface area contributed by atoms with Crippen LogP contribution < -0.4 is 15.5 Å². The Kier molecular flexibility index (Phi) is 5.58. The molecule has 2 heterocycles. The Bertz CT molecular complexity index is 922. The molecule has 1 fully saturated rings. The van der Waals surface area contributed by atoms with Gasteiger partial charge >= 0.3 is 0 Å². The van der Waals surface area contributed by atoms with E-state index in [-0.39, 0.29) is 0 Å². The maximum absolute atomic E-state index is 6.18. The second kappa shape index (κ2) is 8.44. The van der Waals surface area contributed by atoms with Crippen molar-refractivity contribution in [2.75, 3.05) is 28.6 Å². The summed E-state index contributed by atoms with van der Waals surface area (Å²) >= 11 is 6.18. The second-order valence-corrected chi connectivity index (χ2v) is 7.52. The lowest BCUT2D eigenvalue weighted by atomic mass is 9.99. The van der Waals surface area contributed by atoms with Gasteiger partial charge in [0.25, 0.3) is 0 Å². The Morgan fingerprint density at radius 3 is 2.50 bits per heavy atom. The predicted molar refractivity (Wildman–Crippen MR) is 115 cm³/mol. The van der Waals surface area contributed by atoms with Gasteiger partial charge in [0.15, 0.2) is 5.82 Å². The van der Waals surface area contributed by atoms with E-state index in [2.05, 4.69) is 49.8 Å². The average molecular weight is 395 g/mol. The van der Waals surface area contributed by atoms with E-state index in [0.29, 0.717) is 16.8 Å². The van der Waals surface area contributed by atoms with Crippen LogP contribution in [0.4, 0.5) is 28.8 Å². The molecule has 144 valence electrons. The van der Waals surface area contributed by atoms with Crippen molar-refractivity contribution in [1.29, 1.82) is 0 Å². The van der Waals surface area contributed by atoms with Gasteiger partial charge in [-0.25, -0.2) is 0 Å². The van der Waals surface area contributed by atoms with Gasteiger partial charge < -0.3 is 15.5 Å². The topological polar surface area (TPSA) is 66.0 Å². The van der Waals surface area contributed by atoms with Crippen LogP contribution >= 0.6 is 11.6 Å². The van der Waals surface area contributed by atoms with Gasteiger partial charge in [0.05, 0.1) is 16.9 Å². The Hall–Kier alpha value is -2.86. The van der Waals surface area contributed by atoms with E-state index in [1.807, 2.05) is 36.4 Å². The first-order valence-electron chi connectivity index (χ1n) is 9.51. The molecule has 0 radical (unpaired) electrons. The largest absolute Gasteiger partial charge is 0.372 e. The average Bonchev–Trinajstić information content (AvgIpc) is 2.71. The number of halogens is 1. The van der Waals surface area contributed by atoms with E-state index in [1.165, 1.54) is 18.5 Å². The highest BCUT2D eigenvalue weighted by molar-refractivity contribution is 6.33. The standard InChI is InChI=1S/C21H23ClN6/c1-15-10-12-28(13-11-15)17-8-6-16(7-9-17)24-21-26-20(14-23-27-21)25-19-5-3-2-4-18(19)22/h2-9,14-15H,10-13H2,1H3,(H2,24,25,26,27). The molecule has 0 unspecified atom stereocenters. The van der Waals surface area contributed by atoms with Crippen LogP contribution in [0.15, 0.2) is 54.7 Å². The third-order valence-electron chi connectivity index (χ3n) is 4.97. The number of nitrogens with zero attached hydrogens (tertiary/aromatic N) is 4. The summed E-state index contributed by atoms with van der Waals surface area (Å²) in [6.45, 7) is 4.57. The molecule has 1 aliphatic rings. The van der Waals surface area contributed by atoms with Crippen molar-refractivity contribution in [3.63, 3.8) is 0 Å². The van der Waals surface area contributed by atoms with Crippen LogP contribution in [0.5, 0.6) is 0 Å². The van der Waals surface area contributed by atoms with Crippen LogP contribution in [0.25, 0.3) is 0 Å². The Morgan fingerprint density at radius 2 is 1.75 bits per heavy atom. The lowest BCUT2D eigenvalue weighted by Crippen LogP contribution is -2.32. The first kappa shape index (κ1) is 18.5. The Morgan fingerprint density at radius 1 is 1.00 bits per heavy atom. The first-order valence-corrected chi connectivity index (χ1v) is 9.88. The SMILES string of the molecule is CC1CCN(c2ccc(Nc3nncc(Nc4ccccc4Cl)n3)cc2)CC1. The number of rotatable bonds is 5. The number of benzene rings is 2. The summed E-state index contributed by atoms with van der Waals surface area (Å²) < 4.78 is 0. The van der Waals surface area contributed by atoms with Crippen LogP contribution in [0, 0.1) is 5.92 Å². The molecule has 6 nitrogen and oxygen atoms in total. The number of para-hydroxylation sites is 1. The van der Waals surface area contributed by atoms with Crippen molar-refractivity contribution in [2.45, 2.75) is 19.8 Å². The number of anilines is 5. The minimum absolute atomic E-state index is 0.427. The van der Waals surface area contributed by atoms with Gasteiger partial charge in [-0.3, -0.25) is 0 Å². The van der Waals surface area contributed by atoms with Crippen LogP contribution in [-0.2, 0) is 0 Å². The predicted octanol–water partition coefficient (Wildman–Crippen LogP) is 5.25. The highest BCUT2D eigenvalue weighted by atomic mass is 35.5. The van der Waals surface area contributed by atoms with Crippen LogP contribution in [0.3, 0.4) is 0 Å². The molecule has 0 aliphatic carbocycles. The molecule has 1 aromatic heterocycles. The quantitative estimate of drug-likeness (QED) is 0.616. The zero-order valence-electron chi connectivity index (χ0n) is 15.8. The lowest BCUT2D eigenvalue weighted by Gasteiger charge is -2.32. The van der Waals surface area contributed by atoms with E-state index in [1.54, 1.807) is 6.20 Å². The molecule has 7 heteroatoms. The normalized spacial score (nSPS) is 14.7. The lowest BCUT2D eigenvalue weighted by molar-refractivity contribution is 0.438. The number of aromatic nitrogens is 3. The van der Waals surface area contributed by atoms with Crippen molar-refractivity contribution in [1.82, 2.24) is 15.2 Å². The fourth-order valence-corrected chi connectivity index (χ4v) is 3.45. The number of nitrogens with one attached hydrogen (secondary N) is 2. The van der Waals surface area contributed by atoms with Gasteiger partial charge in [0.1, 0.15) is 0 Å². The molecule has 0 bridgehead atoms. The molecule has 3 aromatic rings. The Balaban J connectivity index is 1.42. The molecule has 0 saturated carbocycles. The molecule has 0 atom stereocenters. The van der Waals surface area contributed by atoms with Crippen molar-refractivity contribution < 1.29 is 0 Å². The van der Waals surface area contributed by atoms with Gasteiger partial charge in [-0.05, 0) is 55.2 Å². The van der Waals surface area contributed by atoms with Gasteiger partial charge in [0.2, 0.25) is 5.95 Å². The van der Waals surface area contributed by atoms with Crippen molar-refractivity contribution in [2.24, 2.45) is 5.92 Å². The number of hydrogen-bond acceptors (Lipinski definition) is 6. The molecule has 1 saturated heterocycles. The number of piperidine rings is 1. The molecule has 2 aromatic carbocycles. The van der Waals surface area contributed by atoms with Crippen LogP contribution in [-0.4, -0.2) is 28.3 Å². The van der Waals surface area contributed by atoms with Gasteiger partial charge in [0, 0.05) is 24.5 Å². The highest BCUT2D eigenvalue weighted by Gasteiger charge is 2.15. The summed E-state index contributed by atoms with van der Waals surface area (Å²) in [5.74, 6) is 1.83. The second-order valence-electron chi connectivity index (χ2n) is 7.11. The summed E-state index contributed by atoms with van der Waals surface area (Å²) in [6, 6.07) is 15.9. The van der Waals surface area contributed by atoms with Gasteiger partial charge in [-0.1, -0.05) is 30.7 Å². The third-order valence-corrected chi connectivity index (χ3v) is 5.30. The van der Waals surface area contributed by atoms with Crippen LogP contribution in [0.2, 0.25) is 5.02 Å². The van der Waals surface area contributed by atoms with Crippen LogP contribution in [0.1, 0.15) is 19.8 Å². The fraction of sp³-hybridized carbons (Fsp3) is 0.286. The van der Waals surface area contributed by atoms with Gasteiger partial charge in [-0.15, -0.1) is 5.10 Å². The summed E-state index contributed by atoms with van der Waals surface area (Å²) in [4.78, 5) is 6.90. The minimum atomic E-state index is 0.427. The first-order chi connectivity index (χ1) is 13.7. The third kappa shape index (κ3) is 4.51. The summed E-state index contributed by atoms with van der Waals surface area (Å²) in [5.41, 5.74) is 2.95. The smallest absolute Gasteiger partial charge is 0.249 e. The summed E-state index contributed by atoms with van der Waals surface area (Å²) in [7, 11) is 0. The van der Waals surface area contributed by atoms with Crippen molar-refractivity contribution in [3.05, 3.63) is 59.8 Å². The summed E-state index contributed by atoms with van der Waals surface area (Å²) in [6.07, 6.45) is 4.07. The van der Waals surface area contributed by atoms with E-state index in [4.69, 9.17) is 11.6 Å². The summed E-state index contributed by atoms with van der Waals surface area (Å²) in [5, 5.41) is 15.1. The minimum Gasteiger partial charge on any atom is -0.372 e. The van der Waals surface area contributed by atoms with Gasteiger partial charge in [-0.2, -0.15) is 10.1 Å². The van der Waals surface area contributed by atoms with E-state index < -0.39 is 0 Å². The maximum Gasteiger partial charge on any atom is 0.249 e. The zero-order chi connectivity index (χ0) is 19.3. The highest BCUT2D eigenvalue weighted by Crippen LogP contribution is 2.26. The van der Waals surface area contributed by atoms with Crippen molar-refractivity contribution in [3.8, 4) is 0 Å². The maximum atomic E-state index is 6.18. The zero-order valence-corrected chi connectivity index (χ0v) is 16.5. The Labute approximate surface area is 170 Å². The molecule has 4 rings (SSSR count). The van der Waals surface area contributed by atoms with E-state index in [9.17, 15) is 0 Å². The molecule has 1 aliphatic heterocycles. The molecular formula is C21H23ClN6. The van der Waals surface area contributed by atoms with E-state index >= 15 is 0 Å². The molecule has 0 spiro atoms.